The number of non-ortho nitro benzene ring substituents is 1. The molecule has 0 aliphatic rings. The molecule has 136 valence electrons. The molecule has 0 bridgehead atoms. The summed E-state index contributed by atoms with van der Waals surface area (Å²) < 4.78 is 11.1. The maximum absolute atomic E-state index is 10.6. The number of halogens is 1. The third-order valence-electron chi connectivity index (χ3n) is 3.08. The Hall–Kier alpha value is -2.89. The number of ether oxygens (including phenoxy) is 2. The second-order valence-electron chi connectivity index (χ2n) is 4.89. The number of aliphatic carboxylic acids is 1. The van der Waals surface area contributed by atoms with Gasteiger partial charge >= 0.3 is 5.97 Å². The summed E-state index contributed by atoms with van der Waals surface area (Å²) in [5, 5.41) is 23.4. The Bertz CT molecular complexity index is 839. The number of methoxy groups -OCH3 is 1. The number of carboxylic acids is 1. The number of hydrogen-bond acceptors (Lipinski definition) is 7. The Balaban J connectivity index is 2.10. The molecule has 0 aromatic heterocycles. The molecule has 0 aliphatic carbocycles. The standard InChI is InChI=1S/C16H14IN3O6/c1-25-14-7-10(6-13(17)16(14)26-9-15(21)22)8-18-19-11-2-4-12(5-3-11)20(23)24/h2-8,19H,9H2,1H3,(H,21,22)/b18-8-. The zero-order chi connectivity index (χ0) is 19.1. The number of carbonyl (C=O) groups is 1. The molecule has 0 aliphatic heterocycles. The number of nitro groups is 1. The highest BCUT2D eigenvalue weighted by molar-refractivity contribution is 14.1. The highest BCUT2D eigenvalue weighted by Crippen LogP contribution is 2.33. The number of hydrogen-bond donors (Lipinski definition) is 2. The van der Waals surface area contributed by atoms with Crippen molar-refractivity contribution in [2.24, 2.45) is 5.10 Å². The van der Waals surface area contributed by atoms with Gasteiger partial charge < -0.3 is 14.6 Å². The molecule has 2 N–H and O–H groups in total. The zero-order valence-corrected chi connectivity index (χ0v) is 15.7. The van der Waals surface area contributed by atoms with Gasteiger partial charge in [0.15, 0.2) is 18.1 Å². The molecule has 2 rings (SSSR count). The third kappa shape index (κ3) is 5.31. The Morgan fingerprint density at radius 3 is 2.65 bits per heavy atom. The molecule has 2 aromatic rings. The lowest BCUT2D eigenvalue weighted by Crippen LogP contribution is -2.11. The van der Waals surface area contributed by atoms with Crippen molar-refractivity contribution in [3.8, 4) is 11.5 Å². The van der Waals surface area contributed by atoms with Crippen LogP contribution in [-0.4, -0.2) is 35.9 Å². The fourth-order valence-corrected chi connectivity index (χ4v) is 2.71. The molecule has 26 heavy (non-hydrogen) atoms. The van der Waals surface area contributed by atoms with Gasteiger partial charge in [-0.05, 0) is 52.4 Å². The molecule has 0 spiro atoms. The van der Waals surface area contributed by atoms with Gasteiger partial charge in [0.2, 0.25) is 0 Å². The minimum atomic E-state index is -1.08. The summed E-state index contributed by atoms with van der Waals surface area (Å²) in [6, 6.07) is 9.24. The van der Waals surface area contributed by atoms with Crippen LogP contribution in [0.1, 0.15) is 5.56 Å². The molecule has 2 aromatic carbocycles. The summed E-state index contributed by atoms with van der Waals surface area (Å²) in [4.78, 5) is 20.8. The van der Waals surface area contributed by atoms with Crippen LogP contribution in [0.25, 0.3) is 0 Å². The quantitative estimate of drug-likeness (QED) is 0.263. The van der Waals surface area contributed by atoms with Crippen LogP contribution in [-0.2, 0) is 4.79 Å². The van der Waals surface area contributed by atoms with E-state index in [4.69, 9.17) is 14.6 Å². The third-order valence-corrected chi connectivity index (χ3v) is 3.88. The lowest BCUT2D eigenvalue weighted by atomic mass is 10.2. The summed E-state index contributed by atoms with van der Waals surface area (Å²) in [5.74, 6) is -0.355. The van der Waals surface area contributed by atoms with E-state index in [1.165, 1.54) is 25.5 Å². The molecule has 0 fully saturated rings. The minimum absolute atomic E-state index is 0.00392. The molecule has 0 saturated heterocycles. The van der Waals surface area contributed by atoms with Crippen molar-refractivity contribution in [2.45, 2.75) is 0 Å². The predicted octanol–water partition coefficient (Wildman–Crippen LogP) is 3.12. The van der Waals surface area contributed by atoms with Crippen molar-refractivity contribution in [1.82, 2.24) is 0 Å². The largest absolute Gasteiger partial charge is 0.493 e. The van der Waals surface area contributed by atoms with Crippen LogP contribution < -0.4 is 14.9 Å². The van der Waals surface area contributed by atoms with E-state index < -0.39 is 17.5 Å². The van der Waals surface area contributed by atoms with E-state index in [2.05, 4.69) is 10.5 Å². The smallest absolute Gasteiger partial charge is 0.341 e. The van der Waals surface area contributed by atoms with Crippen molar-refractivity contribution in [3.05, 3.63) is 55.6 Å². The molecular weight excluding hydrogens is 457 g/mol. The first-order chi connectivity index (χ1) is 12.4. The summed E-state index contributed by atoms with van der Waals surface area (Å²) in [7, 11) is 1.45. The van der Waals surface area contributed by atoms with E-state index in [0.717, 1.165) is 0 Å². The van der Waals surface area contributed by atoms with E-state index in [0.29, 0.717) is 26.3 Å². The minimum Gasteiger partial charge on any atom is -0.493 e. The molecule has 0 radical (unpaired) electrons. The van der Waals surface area contributed by atoms with Crippen LogP contribution in [0, 0.1) is 13.7 Å². The fourth-order valence-electron chi connectivity index (χ4n) is 1.93. The Labute approximate surface area is 161 Å². The SMILES string of the molecule is COc1cc(/C=N\Nc2ccc([N+](=O)[O-])cc2)cc(I)c1OCC(=O)O. The number of hydrazone groups is 1. The lowest BCUT2D eigenvalue weighted by Gasteiger charge is -2.12. The summed E-state index contributed by atoms with van der Waals surface area (Å²) in [6.07, 6.45) is 1.53. The summed E-state index contributed by atoms with van der Waals surface area (Å²) in [6.45, 7) is -0.471. The summed E-state index contributed by atoms with van der Waals surface area (Å²) >= 11 is 2.01. The number of rotatable bonds is 8. The van der Waals surface area contributed by atoms with Gasteiger partial charge in [-0.1, -0.05) is 0 Å². The average molecular weight is 471 g/mol. The Morgan fingerprint density at radius 1 is 1.38 bits per heavy atom. The first kappa shape index (κ1) is 19.4. The molecule has 10 heteroatoms. The number of nitro benzene ring substituents is 1. The van der Waals surface area contributed by atoms with Crippen molar-refractivity contribution in [1.29, 1.82) is 0 Å². The van der Waals surface area contributed by atoms with E-state index in [-0.39, 0.29) is 5.69 Å². The maximum Gasteiger partial charge on any atom is 0.341 e. The van der Waals surface area contributed by atoms with Crippen molar-refractivity contribution < 1.29 is 24.3 Å². The number of nitrogens with zero attached hydrogens (tertiary/aromatic N) is 2. The average Bonchev–Trinajstić information content (AvgIpc) is 2.60. The molecule has 0 atom stereocenters. The Morgan fingerprint density at radius 2 is 2.08 bits per heavy atom. The van der Waals surface area contributed by atoms with Gasteiger partial charge in [0.05, 0.1) is 27.5 Å². The second-order valence-corrected chi connectivity index (χ2v) is 6.05. The van der Waals surface area contributed by atoms with Crippen LogP contribution in [0.5, 0.6) is 11.5 Å². The molecule has 9 nitrogen and oxygen atoms in total. The van der Waals surface area contributed by atoms with Gasteiger partial charge in [0.1, 0.15) is 0 Å². The second kappa shape index (κ2) is 8.99. The van der Waals surface area contributed by atoms with Crippen LogP contribution in [0.3, 0.4) is 0 Å². The van der Waals surface area contributed by atoms with Gasteiger partial charge in [-0.25, -0.2) is 4.79 Å². The first-order valence-corrected chi connectivity index (χ1v) is 8.24. The fraction of sp³-hybridized carbons (Fsp3) is 0.125. The van der Waals surface area contributed by atoms with Gasteiger partial charge in [-0.2, -0.15) is 5.10 Å². The number of carboxylic acid groups (broad SMARTS) is 1. The van der Waals surface area contributed by atoms with E-state index in [1.807, 2.05) is 22.6 Å². The molecule has 0 heterocycles. The predicted molar refractivity (Wildman–Crippen MR) is 103 cm³/mol. The number of anilines is 1. The zero-order valence-electron chi connectivity index (χ0n) is 13.5. The van der Waals surface area contributed by atoms with Crippen molar-refractivity contribution in [3.63, 3.8) is 0 Å². The van der Waals surface area contributed by atoms with Gasteiger partial charge in [0.25, 0.3) is 5.69 Å². The number of nitrogens with one attached hydrogen (secondary N) is 1. The monoisotopic (exact) mass is 471 g/mol. The van der Waals surface area contributed by atoms with Gasteiger partial charge in [-0.15, -0.1) is 0 Å². The lowest BCUT2D eigenvalue weighted by molar-refractivity contribution is -0.384. The molecule has 0 amide bonds. The van der Waals surface area contributed by atoms with Gasteiger partial charge in [0, 0.05) is 12.1 Å². The Kier molecular flexibility index (Phi) is 6.72. The van der Waals surface area contributed by atoms with E-state index >= 15 is 0 Å². The van der Waals surface area contributed by atoms with Crippen molar-refractivity contribution in [2.75, 3.05) is 19.1 Å². The summed E-state index contributed by atoms with van der Waals surface area (Å²) in [5.41, 5.74) is 4.05. The van der Waals surface area contributed by atoms with Crippen LogP contribution in [0.15, 0.2) is 41.5 Å². The molecular formula is C16H14IN3O6. The van der Waals surface area contributed by atoms with E-state index in [9.17, 15) is 14.9 Å². The molecule has 0 unspecified atom stereocenters. The highest BCUT2D eigenvalue weighted by Gasteiger charge is 2.12. The van der Waals surface area contributed by atoms with Gasteiger partial charge in [-0.3, -0.25) is 15.5 Å². The van der Waals surface area contributed by atoms with Crippen molar-refractivity contribution >= 4 is 46.1 Å². The van der Waals surface area contributed by atoms with Crippen LogP contribution in [0.4, 0.5) is 11.4 Å². The number of benzene rings is 2. The van der Waals surface area contributed by atoms with E-state index in [1.54, 1.807) is 24.3 Å². The molecule has 0 saturated carbocycles. The first-order valence-electron chi connectivity index (χ1n) is 7.16. The van der Waals surface area contributed by atoms with Crippen LogP contribution in [0.2, 0.25) is 0 Å². The highest BCUT2D eigenvalue weighted by atomic mass is 127. The van der Waals surface area contributed by atoms with Crippen LogP contribution >= 0.6 is 22.6 Å². The topological polar surface area (TPSA) is 123 Å². The maximum atomic E-state index is 10.6. The normalized spacial score (nSPS) is 10.5.